The van der Waals surface area contributed by atoms with Crippen LogP contribution in [0.25, 0.3) is 0 Å². The average molecular weight is 593 g/mol. The molecular weight excluding hydrogens is 578 g/mol. The third-order valence-corrected chi connectivity index (χ3v) is 5.87. The van der Waals surface area contributed by atoms with E-state index in [0.29, 0.717) is 43.2 Å². The monoisotopic (exact) mass is 591 g/mol. The first-order valence-electron chi connectivity index (χ1n) is 9.58. The number of nitrogens with zero attached hydrogens (tertiary/aromatic N) is 2. The molecule has 0 aliphatic rings. The van der Waals surface area contributed by atoms with E-state index in [0.717, 1.165) is 12.1 Å². The van der Waals surface area contributed by atoms with E-state index in [4.69, 9.17) is 32.7 Å². The lowest BCUT2D eigenvalue weighted by Crippen LogP contribution is -2.06. The first-order chi connectivity index (χ1) is 16.5. The van der Waals surface area contributed by atoms with Gasteiger partial charge in [-0.25, -0.2) is 0 Å². The van der Waals surface area contributed by atoms with Crippen molar-refractivity contribution in [1.29, 1.82) is 0 Å². The first kappa shape index (κ1) is 26.6. The van der Waals surface area contributed by atoms with E-state index in [9.17, 15) is 23.3 Å². The van der Waals surface area contributed by atoms with Crippen LogP contribution >= 0.6 is 39.1 Å². The standard InChI is InChI=1S/C22H15BrCl2F3N3O4/c1-34-20-6-13(16(23)9-21(20)35-11-12-2-4-15(24)8-17(12)25)10-29-30-18-5-3-14(22(26,27)28)7-19(18)31(32)33/h2-10,30H,11H2,1H3/b29-10-. The van der Waals surface area contributed by atoms with Crippen molar-refractivity contribution in [2.75, 3.05) is 12.5 Å². The Morgan fingerprint density at radius 3 is 2.51 bits per heavy atom. The zero-order valence-electron chi connectivity index (χ0n) is 17.7. The highest BCUT2D eigenvalue weighted by Crippen LogP contribution is 2.36. The number of benzene rings is 3. The van der Waals surface area contributed by atoms with Crippen molar-refractivity contribution in [3.63, 3.8) is 0 Å². The summed E-state index contributed by atoms with van der Waals surface area (Å²) in [4.78, 5) is 10.3. The van der Waals surface area contributed by atoms with Crippen LogP contribution in [0.5, 0.6) is 11.5 Å². The van der Waals surface area contributed by atoms with Crippen molar-refractivity contribution in [2.24, 2.45) is 5.10 Å². The van der Waals surface area contributed by atoms with Crippen LogP contribution in [-0.4, -0.2) is 18.2 Å². The smallest absolute Gasteiger partial charge is 0.416 e. The van der Waals surface area contributed by atoms with E-state index in [1.807, 2.05) is 0 Å². The molecule has 1 N–H and O–H groups in total. The molecule has 0 fully saturated rings. The lowest BCUT2D eigenvalue weighted by molar-refractivity contribution is -0.384. The van der Waals surface area contributed by atoms with Gasteiger partial charge in [0.1, 0.15) is 12.3 Å². The van der Waals surface area contributed by atoms with Crippen LogP contribution in [0.1, 0.15) is 16.7 Å². The number of anilines is 1. The van der Waals surface area contributed by atoms with Gasteiger partial charge < -0.3 is 9.47 Å². The zero-order chi connectivity index (χ0) is 25.8. The Hall–Kier alpha value is -3.02. The molecule has 0 aliphatic heterocycles. The topological polar surface area (TPSA) is 86.0 Å². The zero-order valence-corrected chi connectivity index (χ0v) is 20.8. The molecule has 0 saturated carbocycles. The highest BCUT2D eigenvalue weighted by atomic mass is 79.9. The molecule has 3 aromatic rings. The van der Waals surface area contributed by atoms with Crippen LogP contribution in [0, 0.1) is 10.1 Å². The molecule has 0 aromatic heterocycles. The summed E-state index contributed by atoms with van der Waals surface area (Å²) < 4.78 is 50.3. The number of nitro groups is 1. The Morgan fingerprint density at radius 1 is 1.14 bits per heavy atom. The second-order valence-corrected chi connectivity index (χ2v) is 8.60. The molecule has 0 aliphatic carbocycles. The fourth-order valence-corrected chi connectivity index (χ4v) is 3.73. The van der Waals surface area contributed by atoms with Gasteiger partial charge in [-0.2, -0.15) is 18.3 Å². The van der Waals surface area contributed by atoms with Crippen molar-refractivity contribution in [3.05, 3.63) is 89.9 Å². The van der Waals surface area contributed by atoms with Gasteiger partial charge in [0.25, 0.3) is 5.69 Å². The molecule has 7 nitrogen and oxygen atoms in total. The second-order valence-electron chi connectivity index (χ2n) is 6.91. The van der Waals surface area contributed by atoms with Gasteiger partial charge in [-0.05, 0) is 52.3 Å². The van der Waals surface area contributed by atoms with Gasteiger partial charge in [0, 0.05) is 31.7 Å². The fraction of sp³-hybridized carbons (Fsp3) is 0.136. The molecule has 0 radical (unpaired) electrons. The van der Waals surface area contributed by atoms with Crippen LogP contribution in [0.4, 0.5) is 24.5 Å². The quantitative estimate of drug-likeness (QED) is 0.164. The molecule has 0 unspecified atom stereocenters. The van der Waals surface area contributed by atoms with E-state index < -0.39 is 22.4 Å². The highest BCUT2D eigenvalue weighted by Gasteiger charge is 2.33. The Kier molecular flexibility index (Phi) is 8.47. The molecule has 0 atom stereocenters. The molecule has 0 bridgehead atoms. The molecule has 35 heavy (non-hydrogen) atoms. The molecule has 0 heterocycles. The van der Waals surface area contributed by atoms with Crippen molar-refractivity contribution in [1.82, 2.24) is 0 Å². The van der Waals surface area contributed by atoms with Gasteiger partial charge in [-0.1, -0.05) is 29.3 Å². The van der Waals surface area contributed by atoms with Gasteiger partial charge in [0.15, 0.2) is 11.5 Å². The number of hydrogen-bond acceptors (Lipinski definition) is 6. The summed E-state index contributed by atoms with van der Waals surface area (Å²) in [7, 11) is 1.44. The van der Waals surface area contributed by atoms with Crippen molar-refractivity contribution < 1.29 is 27.6 Å². The Bertz CT molecular complexity index is 1290. The molecule has 13 heteroatoms. The molecule has 3 rings (SSSR count). The Morgan fingerprint density at radius 2 is 1.89 bits per heavy atom. The normalized spacial score (nSPS) is 11.5. The Labute approximate surface area is 215 Å². The minimum Gasteiger partial charge on any atom is -0.493 e. The van der Waals surface area contributed by atoms with E-state index in [1.54, 1.807) is 30.3 Å². The van der Waals surface area contributed by atoms with Gasteiger partial charge in [0.2, 0.25) is 0 Å². The number of rotatable bonds is 8. The summed E-state index contributed by atoms with van der Waals surface area (Å²) in [5, 5.41) is 16.1. The number of ether oxygens (including phenoxy) is 2. The molecular formula is C22H15BrCl2F3N3O4. The highest BCUT2D eigenvalue weighted by molar-refractivity contribution is 9.10. The van der Waals surface area contributed by atoms with Gasteiger partial charge in [-0.15, -0.1) is 0 Å². The third-order valence-electron chi connectivity index (χ3n) is 4.59. The maximum absolute atomic E-state index is 12.9. The summed E-state index contributed by atoms with van der Waals surface area (Å²) in [6, 6.07) is 10.3. The van der Waals surface area contributed by atoms with E-state index >= 15 is 0 Å². The predicted octanol–water partition coefficient (Wildman–Crippen LogP) is 7.72. The average Bonchev–Trinajstić information content (AvgIpc) is 2.79. The lowest BCUT2D eigenvalue weighted by Gasteiger charge is -2.13. The summed E-state index contributed by atoms with van der Waals surface area (Å²) >= 11 is 15.5. The van der Waals surface area contributed by atoms with Crippen LogP contribution in [-0.2, 0) is 12.8 Å². The number of nitro benzene ring substituents is 1. The largest absolute Gasteiger partial charge is 0.493 e. The van der Waals surface area contributed by atoms with Crippen LogP contribution in [0.2, 0.25) is 10.0 Å². The van der Waals surface area contributed by atoms with Crippen LogP contribution in [0.15, 0.2) is 58.1 Å². The van der Waals surface area contributed by atoms with Crippen molar-refractivity contribution >= 4 is 56.7 Å². The minimum absolute atomic E-state index is 0.144. The molecule has 3 aromatic carbocycles. The summed E-state index contributed by atoms with van der Waals surface area (Å²) in [5.41, 5.74) is 1.50. The number of hydrogen-bond donors (Lipinski definition) is 1. The first-order valence-corrected chi connectivity index (χ1v) is 11.1. The number of methoxy groups -OCH3 is 1. The van der Waals surface area contributed by atoms with Crippen molar-refractivity contribution in [3.8, 4) is 11.5 Å². The van der Waals surface area contributed by atoms with Crippen LogP contribution in [0.3, 0.4) is 0 Å². The number of halogens is 6. The second kappa shape index (κ2) is 11.1. The fourth-order valence-electron chi connectivity index (χ4n) is 2.84. The van der Waals surface area contributed by atoms with E-state index in [2.05, 4.69) is 26.5 Å². The molecule has 0 spiro atoms. The molecule has 0 amide bonds. The van der Waals surface area contributed by atoms with Crippen LogP contribution < -0.4 is 14.9 Å². The predicted molar refractivity (Wildman–Crippen MR) is 131 cm³/mol. The summed E-state index contributed by atoms with van der Waals surface area (Å²) in [5.74, 6) is 0.758. The van der Waals surface area contributed by atoms with E-state index in [1.165, 1.54) is 13.3 Å². The summed E-state index contributed by atoms with van der Waals surface area (Å²) in [6.07, 6.45) is -3.40. The molecule has 0 saturated heterocycles. The van der Waals surface area contributed by atoms with Gasteiger partial charge >= 0.3 is 6.18 Å². The van der Waals surface area contributed by atoms with Gasteiger partial charge in [0.05, 0.1) is 23.8 Å². The third kappa shape index (κ3) is 6.77. The lowest BCUT2D eigenvalue weighted by atomic mass is 10.1. The Balaban J connectivity index is 1.78. The number of nitrogens with one attached hydrogen (secondary N) is 1. The van der Waals surface area contributed by atoms with Gasteiger partial charge in [-0.3, -0.25) is 15.5 Å². The maximum atomic E-state index is 12.9. The maximum Gasteiger partial charge on any atom is 0.416 e. The number of hydrazone groups is 1. The minimum atomic E-state index is -4.71. The summed E-state index contributed by atoms with van der Waals surface area (Å²) in [6.45, 7) is 0.144. The van der Waals surface area contributed by atoms with E-state index in [-0.39, 0.29) is 12.3 Å². The molecule has 184 valence electrons. The SMILES string of the molecule is COc1cc(/C=N\Nc2ccc(C(F)(F)F)cc2[N+](=O)[O-])c(Br)cc1OCc1ccc(Cl)cc1Cl. The number of alkyl halides is 3. The van der Waals surface area contributed by atoms with Crippen molar-refractivity contribution in [2.45, 2.75) is 12.8 Å².